The van der Waals surface area contributed by atoms with Gasteiger partial charge >= 0.3 is 0 Å². The Morgan fingerprint density at radius 3 is 2.53 bits per heavy atom. The molecule has 0 saturated heterocycles. The van der Waals surface area contributed by atoms with E-state index in [0.717, 1.165) is 27.0 Å². The standard InChI is InChI=1S/C24H28BrN3OS/c1-6-14-28-22(17(2)29-21-12-10-19(11-13-21)24(3,4)5)26-27-23(28)30-16-18-8-7-9-20(25)15-18/h6-13,15,17H,1,14,16H2,2-5H3. The molecule has 4 nitrogen and oxygen atoms in total. The maximum Gasteiger partial charge on any atom is 0.191 e. The third-order valence-corrected chi connectivity index (χ3v) is 6.24. The zero-order valence-corrected chi connectivity index (χ0v) is 20.3. The summed E-state index contributed by atoms with van der Waals surface area (Å²) in [6, 6.07) is 16.6. The molecule has 2 aromatic carbocycles. The van der Waals surface area contributed by atoms with E-state index in [1.807, 2.05) is 37.3 Å². The Morgan fingerprint density at radius 2 is 1.90 bits per heavy atom. The lowest BCUT2D eigenvalue weighted by Crippen LogP contribution is -2.13. The number of hydrogen-bond donors (Lipinski definition) is 0. The second-order valence-corrected chi connectivity index (χ2v) is 10.1. The maximum atomic E-state index is 6.17. The number of hydrogen-bond acceptors (Lipinski definition) is 4. The van der Waals surface area contributed by atoms with E-state index in [1.165, 1.54) is 11.1 Å². The molecule has 30 heavy (non-hydrogen) atoms. The van der Waals surface area contributed by atoms with Crippen molar-refractivity contribution in [2.75, 3.05) is 0 Å². The van der Waals surface area contributed by atoms with Gasteiger partial charge in [0.05, 0.1) is 0 Å². The Labute approximate surface area is 191 Å². The lowest BCUT2D eigenvalue weighted by Gasteiger charge is -2.20. The Hall–Kier alpha value is -2.05. The van der Waals surface area contributed by atoms with Gasteiger partial charge in [-0.25, -0.2) is 0 Å². The van der Waals surface area contributed by atoms with Gasteiger partial charge in [-0.15, -0.1) is 16.8 Å². The highest BCUT2D eigenvalue weighted by atomic mass is 79.9. The van der Waals surface area contributed by atoms with E-state index in [4.69, 9.17) is 4.74 Å². The molecule has 1 aromatic heterocycles. The molecule has 0 saturated carbocycles. The van der Waals surface area contributed by atoms with Crippen LogP contribution in [-0.2, 0) is 17.7 Å². The molecule has 0 bridgehead atoms. The fourth-order valence-corrected chi connectivity index (χ4v) is 4.42. The fourth-order valence-electron chi connectivity index (χ4n) is 3.07. The second-order valence-electron chi connectivity index (χ2n) is 8.19. The average Bonchev–Trinajstić information content (AvgIpc) is 3.09. The van der Waals surface area contributed by atoms with Crippen LogP contribution in [0.5, 0.6) is 5.75 Å². The van der Waals surface area contributed by atoms with E-state index in [9.17, 15) is 0 Å². The fraction of sp³-hybridized carbons (Fsp3) is 0.333. The molecule has 0 fully saturated rings. The zero-order chi connectivity index (χ0) is 21.7. The molecule has 6 heteroatoms. The smallest absolute Gasteiger partial charge is 0.191 e. The van der Waals surface area contributed by atoms with Crippen LogP contribution < -0.4 is 4.74 Å². The number of allylic oxidation sites excluding steroid dienone is 1. The molecule has 0 aliphatic carbocycles. The Kier molecular flexibility index (Phi) is 7.42. The highest BCUT2D eigenvalue weighted by Gasteiger charge is 2.20. The van der Waals surface area contributed by atoms with E-state index in [1.54, 1.807) is 11.8 Å². The van der Waals surface area contributed by atoms with Crippen LogP contribution in [0.4, 0.5) is 0 Å². The molecule has 0 amide bonds. The number of thioether (sulfide) groups is 1. The summed E-state index contributed by atoms with van der Waals surface area (Å²) >= 11 is 5.19. The van der Waals surface area contributed by atoms with E-state index in [0.29, 0.717) is 6.54 Å². The largest absolute Gasteiger partial charge is 0.483 e. The minimum Gasteiger partial charge on any atom is -0.483 e. The zero-order valence-electron chi connectivity index (χ0n) is 17.9. The Bertz CT molecular complexity index is 992. The van der Waals surface area contributed by atoms with Gasteiger partial charge in [-0.3, -0.25) is 4.57 Å². The first kappa shape index (κ1) is 22.6. The van der Waals surface area contributed by atoms with Crippen molar-refractivity contribution in [1.29, 1.82) is 0 Å². The Morgan fingerprint density at radius 1 is 1.17 bits per heavy atom. The SMILES string of the molecule is C=CCn1c(SCc2cccc(Br)c2)nnc1C(C)Oc1ccc(C(C)(C)C)cc1. The molecule has 0 aliphatic rings. The van der Waals surface area contributed by atoms with E-state index >= 15 is 0 Å². The molecule has 0 spiro atoms. The summed E-state index contributed by atoms with van der Waals surface area (Å²) in [4.78, 5) is 0. The van der Waals surface area contributed by atoms with Crippen molar-refractivity contribution < 1.29 is 4.74 Å². The van der Waals surface area contributed by atoms with Crippen molar-refractivity contribution in [3.05, 3.63) is 82.6 Å². The topological polar surface area (TPSA) is 39.9 Å². The van der Waals surface area contributed by atoms with Gasteiger partial charge in [0, 0.05) is 16.8 Å². The molecule has 0 aliphatic heterocycles. The molecule has 3 aromatic rings. The number of aromatic nitrogens is 3. The predicted molar refractivity (Wildman–Crippen MR) is 128 cm³/mol. The summed E-state index contributed by atoms with van der Waals surface area (Å²) in [6.07, 6.45) is 1.64. The van der Waals surface area contributed by atoms with Gasteiger partial charge in [-0.1, -0.05) is 78.8 Å². The molecule has 1 unspecified atom stereocenters. The van der Waals surface area contributed by atoms with E-state index in [2.05, 4.69) is 82.3 Å². The second kappa shape index (κ2) is 9.84. The van der Waals surface area contributed by atoms with E-state index in [-0.39, 0.29) is 11.5 Å². The number of rotatable bonds is 8. The van der Waals surface area contributed by atoms with Crippen LogP contribution in [0.15, 0.2) is 70.8 Å². The van der Waals surface area contributed by atoms with Gasteiger partial charge < -0.3 is 4.74 Å². The first-order valence-electron chi connectivity index (χ1n) is 9.96. The van der Waals surface area contributed by atoms with Crippen molar-refractivity contribution >= 4 is 27.7 Å². The normalized spacial score (nSPS) is 12.6. The number of nitrogens with zero attached hydrogens (tertiary/aromatic N) is 3. The summed E-state index contributed by atoms with van der Waals surface area (Å²) in [6.45, 7) is 13.1. The molecular weight excluding hydrogens is 458 g/mol. The summed E-state index contributed by atoms with van der Waals surface area (Å²) in [5, 5.41) is 9.71. The molecule has 1 atom stereocenters. The van der Waals surface area contributed by atoms with Crippen LogP contribution in [0.1, 0.15) is 50.8 Å². The van der Waals surface area contributed by atoms with Crippen molar-refractivity contribution in [3.63, 3.8) is 0 Å². The van der Waals surface area contributed by atoms with Crippen molar-refractivity contribution in [2.45, 2.75) is 56.7 Å². The van der Waals surface area contributed by atoms with Crippen molar-refractivity contribution in [2.24, 2.45) is 0 Å². The lowest BCUT2D eigenvalue weighted by atomic mass is 9.87. The highest BCUT2D eigenvalue weighted by Crippen LogP contribution is 2.29. The van der Waals surface area contributed by atoms with Crippen LogP contribution in [0.25, 0.3) is 0 Å². The van der Waals surface area contributed by atoms with Gasteiger partial charge in [0.15, 0.2) is 17.1 Å². The van der Waals surface area contributed by atoms with Gasteiger partial charge in [0.1, 0.15) is 5.75 Å². The number of benzene rings is 2. The molecule has 0 N–H and O–H groups in total. The van der Waals surface area contributed by atoms with Crippen LogP contribution in [0, 0.1) is 0 Å². The molecule has 1 heterocycles. The quantitative estimate of drug-likeness (QED) is 0.255. The molecule has 0 radical (unpaired) electrons. The molecular formula is C24H28BrN3OS. The summed E-state index contributed by atoms with van der Waals surface area (Å²) in [7, 11) is 0. The van der Waals surface area contributed by atoms with Crippen LogP contribution >= 0.6 is 27.7 Å². The Balaban J connectivity index is 1.73. The van der Waals surface area contributed by atoms with Crippen molar-refractivity contribution in [3.8, 4) is 5.75 Å². The summed E-state index contributed by atoms with van der Waals surface area (Å²) in [5.74, 6) is 2.44. The van der Waals surface area contributed by atoms with E-state index < -0.39 is 0 Å². The highest BCUT2D eigenvalue weighted by molar-refractivity contribution is 9.10. The lowest BCUT2D eigenvalue weighted by molar-refractivity contribution is 0.210. The van der Waals surface area contributed by atoms with Gasteiger partial charge in [0.25, 0.3) is 0 Å². The van der Waals surface area contributed by atoms with Crippen LogP contribution in [0.2, 0.25) is 0 Å². The predicted octanol–water partition coefficient (Wildman–Crippen LogP) is 6.96. The number of ether oxygens (including phenoxy) is 1. The van der Waals surface area contributed by atoms with Gasteiger partial charge in [-0.2, -0.15) is 0 Å². The first-order valence-corrected chi connectivity index (χ1v) is 11.7. The number of halogens is 1. The summed E-state index contributed by atoms with van der Waals surface area (Å²) < 4.78 is 9.32. The third-order valence-electron chi connectivity index (χ3n) is 4.71. The first-order chi connectivity index (χ1) is 14.3. The van der Waals surface area contributed by atoms with Gasteiger partial charge in [-0.05, 0) is 47.7 Å². The monoisotopic (exact) mass is 485 g/mol. The average molecular weight is 486 g/mol. The third kappa shape index (κ3) is 5.76. The van der Waals surface area contributed by atoms with Crippen molar-refractivity contribution in [1.82, 2.24) is 14.8 Å². The van der Waals surface area contributed by atoms with Crippen LogP contribution in [-0.4, -0.2) is 14.8 Å². The molecule has 158 valence electrons. The summed E-state index contributed by atoms with van der Waals surface area (Å²) in [5.41, 5.74) is 2.63. The maximum absolute atomic E-state index is 6.17. The molecule has 3 rings (SSSR count). The minimum atomic E-state index is -0.224. The van der Waals surface area contributed by atoms with Crippen LogP contribution in [0.3, 0.4) is 0 Å². The minimum absolute atomic E-state index is 0.120. The van der Waals surface area contributed by atoms with Gasteiger partial charge in [0.2, 0.25) is 0 Å².